The Morgan fingerprint density at radius 3 is 1.83 bits per heavy atom. The van der Waals surface area contributed by atoms with Gasteiger partial charge in [-0.2, -0.15) is 0 Å². The van der Waals surface area contributed by atoms with Crippen LogP contribution in [-0.2, 0) is 18.3 Å². The fraction of sp³-hybridized carbons (Fsp3) is 0.657. The van der Waals surface area contributed by atoms with E-state index in [0.717, 1.165) is 23.7 Å². The highest BCUT2D eigenvalue weighted by atomic mass is 14.7. The lowest BCUT2D eigenvalue weighted by atomic mass is 9.50. The Bertz CT molecular complexity index is 906. The molecule has 0 heteroatoms. The Morgan fingerprint density at radius 2 is 1.14 bits per heavy atom. The maximum Gasteiger partial charge on any atom is 0.0279 e. The van der Waals surface area contributed by atoms with E-state index in [-0.39, 0.29) is 14.9 Å². The Morgan fingerprint density at radius 1 is 0.600 bits per heavy atom. The average molecular weight is 479 g/mol. The first kappa shape index (κ1) is 31.5. The van der Waals surface area contributed by atoms with Crippen LogP contribution in [0.15, 0.2) is 36.4 Å². The van der Waals surface area contributed by atoms with Crippen LogP contribution in [0.5, 0.6) is 0 Å². The topological polar surface area (TPSA) is 0 Å². The molecule has 5 aliphatic carbocycles. The van der Waals surface area contributed by atoms with Gasteiger partial charge in [0.05, 0.1) is 0 Å². The lowest BCUT2D eigenvalue weighted by Crippen LogP contribution is -2.49. The summed E-state index contributed by atoms with van der Waals surface area (Å²) in [5.41, 5.74) is 11.0. The van der Waals surface area contributed by atoms with Gasteiger partial charge in [-0.25, -0.2) is 0 Å². The lowest BCUT2D eigenvalue weighted by Gasteiger charge is -2.52. The highest BCUT2D eigenvalue weighted by molar-refractivity contribution is 5.65. The van der Waals surface area contributed by atoms with E-state index in [4.69, 9.17) is 0 Å². The number of hydrogen-bond acceptors (Lipinski definition) is 0. The molecule has 0 aliphatic heterocycles. The van der Waals surface area contributed by atoms with Gasteiger partial charge in [-0.1, -0.05) is 119 Å². The van der Waals surface area contributed by atoms with E-state index < -0.39 is 0 Å². The predicted octanol–water partition coefficient (Wildman–Crippen LogP) is 11.1. The van der Waals surface area contributed by atoms with Gasteiger partial charge in [0, 0.05) is 5.41 Å². The minimum atomic E-state index is 0. The summed E-state index contributed by atoms with van der Waals surface area (Å²) in [6, 6.07) is 14.7. The van der Waals surface area contributed by atoms with Crippen LogP contribution in [-0.4, -0.2) is 0 Å². The smallest absolute Gasteiger partial charge is 0.0279 e. The summed E-state index contributed by atoms with van der Waals surface area (Å²) in [6.07, 6.45) is 11.3. The van der Waals surface area contributed by atoms with Crippen LogP contribution < -0.4 is 0 Å². The minimum Gasteiger partial charge on any atom is -0.0776 e. The first-order valence-electron chi connectivity index (χ1n) is 14.6. The fourth-order valence-electron chi connectivity index (χ4n) is 8.47. The van der Waals surface area contributed by atoms with Crippen molar-refractivity contribution in [3.63, 3.8) is 0 Å². The van der Waals surface area contributed by atoms with E-state index in [9.17, 15) is 0 Å². The molecule has 2 fully saturated rings. The largest absolute Gasteiger partial charge is 0.0776 e. The van der Waals surface area contributed by atoms with Crippen molar-refractivity contribution in [1.29, 1.82) is 0 Å². The van der Waals surface area contributed by atoms with Gasteiger partial charge in [-0.3, -0.25) is 0 Å². The van der Waals surface area contributed by atoms with Crippen molar-refractivity contribution < 1.29 is 0 Å². The van der Waals surface area contributed by atoms with Crippen LogP contribution in [0.4, 0.5) is 0 Å². The summed E-state index contributed by atoms with van der Waals surface area (Å²) in [7, 11) is 0. The summed E-state index contributed by atoms with van der Waals surface area (Å²) in [5, 5.41) is 0. The van der Waals surface area contributed by atoms with E-state index in [1.54, 1.807) is 22.3 Å². The maximum absolute atomic E-state index is 2.52. The maximum atomic E-state index is 2.52. The summed E-state index contributed by atoms with van der Waals surface area (Å²) in [5.74, 6) is 3.62. The Kier molecular flexibility index (Phi) is 12.3. The molecule has 0 heterocycles. The summed E-state index contributed by atoms with van der Waals surface area (Å²) in [4.78, 5) is 0. The zero-order valence-corrected chi connectivity index (χ0v) is 22.9. The molecule has 198 valence electrons. The summed E-state index contributed by atoms with van der Waals surface area (Å²) in [6.45, 7) is 16.0. The summed E-state index contributed by atoms with van der Waals surface area (Å²) < 4.78 is 0. The molecule has 0 bridgehead atoms. The third-order valence-corrected chi connectivity index (χ3v) is 8.85. The van der Waals surface area contributed by atoms with Crippen molar-refractivity contribution in [3.05, 3.63) is 69.8 Å². The van der Waals surface area contributed by atoms with E-state index in [1.807, 2.05) is 66.5 Å². The Balaban J connectivity index is 0.000000564. The molecule has 35 heavy (non-hydrogen) atoms. The molecule has 0 aromatic heterocycles. The van der Waals surface area contributed by atoms with Gasteiger partial charge >= 0.3 is 0 Å². The molecule has 2 saturated carbocycles. The lowest BCUT2D eigenvalue weighted by molar-refractivity contribution is 0.158. The van der Waals surface area contributed by atoms with E-state index in [2.05, 4.69) is 36.4 Å². The van der Waals surface area contributed by atoms with Crippen LogP contribution in [0, 0.1) is 17.8 Å². The predicted molar refractivity (Wildman–Crippen MR) is 160 cm³/mol. The second kappa shape index (κ2) is 13.7. The van der Waals surface area contributed by atoms with Gasteiger partial charge in [0.25, 0.3) is 0 Å². The third kappa shape index (κ3) is 4.42. The molecule has 0 saturated heterocycles. The monoisotopic (exact) mass is 478 g/mol. The molecule has 5 aliphatic rings. The normalized spacial score (nSPS) is 28.5. The standard InChI is InChI=1S/C25H26.4C2H6.2CH4/c1-6-16-13-15-5-3-11-21(15)25-22-12-4-9-19(22)20-10-2-8-18(24(20)25)14-17(7-1)23(16)25;4*1-2;;/h1-2,6-8,10,15,19,21-22H,3-5,9,11-14H2;4*1-2H3;2*1H4. The van der Waals surface area contributed by atoms with Crippen molar-refractivity contribution in [2.75, 3.05) is 0 Å². The molecular formula is C35H58. The molecule has 5 atom stereocenters. The second-order valence-electron chi connectivity index (χ2n) is 9.52. The second-order valence-corrected chi connectivity index (χ2v) is 9.52. The minimum absolute atomic E-state index is 0. The van der Waals surface area contributed by atoms with Gasteiger partial charge in [0.15, 0.2) is 0 Å². The number of fused-ring (bicyclic) bond motifs is 3. The molecule has 0 nitrogen and oxygen atoms in total. The average Bonchev–Trinajstić information content (AvgIpc) is 3.63. The van der Waals surface area contributed by atoms with Crippen molar-refractivity contribution in [2.45, 2.75) is 133 Å². The van der Waals surface area contributed by atoms with Crippen molar-refractivity contribution in [2.24, 2.45) is 17.8 Å². The zero-order chi connectivity index (χ0) is 24.2. The highest BCUT2D eigenvalue weighted by Crippen LogP contribution is 2.70. The van der Waals surface area contributed by atoms with Crippen LogP contribution in [0.3, 0.4) is 0 Å². The molecule has 0 N–H and O–H groups in total. The molecule has 1 spiro atoms. The van der Waals surface area contributed by atoms with Crippen molar-refractivity contribution in [3.8, 4) is 0 Å². The highest BCUT2D eigenvalue weighted by Gasteiger charge is 2.64. The van der Waals surface area contributed by atoms with Crippen molar-refractivity contribution >= 4 is 0 Å². The molecular weight excluding hydrogens is 420 g/mol. The SMILES string of the molecule is C.C.CC.CC.CC.CC.c1cc2c3c(c1)CC1CCCC1C31c3c(cccc3C3CCCC31)C2. The summed E-state index contributed by atoms with van der Waals surface area (Å²) >= 11 is 0. The van der Waals surface area contributed by atoms with Crippen LogP contribution in [0.25, 0.3) is 0 Å². The molecule has 2 aromatic rings. The third-order valence-electron chi connectivity index (χ3n) is 8.85. The van der Waals surface area contributed by atoms with Gasteiger partial charge in [-0.15, -0.1) is 0 Å². The fourth-order valence-corrected chi connectivity index (χ4v) is 8.47. The van der Waals surface area contributed by atoms with Crippen LogP contribution in [0.1, 0.15) is 148 Å². The number of rotatable bonds is 0. The van der Waals surface area contributed by atoms with Gasteiger partial charge in [0.2, 0.25) is 0 Å². The molecule has 5 unspecified atom stereocenters. The Labute approximate surface area is 220 Å². The molecule has 0 radical (unpaired) electrons. The van der Waals surface area contributed by atoms with Gasteiger partial charge < -0.3 is 0 Å². The number of benzene rings is 2. The van der Waals surface area contributed by atoms with E-state index in [1.165, 1.54) is 51.4 Å². The number of hydrogen-bond donors (Lipinski definition) is 0. The quantitative estimate of drug-likeness (QED) is 0.353. The molecule has 0 amide bonds. The molecule has 7 rings (SSSR count). The van der Waals surface area contributed by atoms with Crippen LogP contribution >= 0.6 is 0 Å². The first-order valence-corrected chi connectivity index (χ1v) is 14.6. The van der Waals surface area contributed by atoms with E-state index in [0.29, 0.717) is 5.41 Å². The van der Waals surface area contributed by atoms with E-state index >= 15 is 0 Å². The molecule has 2 aromatic carbocycles. The first-order chi connectivity index (χ1) is 16.4. The zero-order valence-electron chi connectivity index (χ0n) is 22.9. The van der Waals surface area contributed by atoms with Crippen molar-refractivity contribution in [1.82, 2.24) is 0 Å². The van der Waals surface area contributed by atoms with Gasteiger partial charge in [-0.05, 0) is 95.6 Å². The van der Waals surface area contributed by atoms with Gasteiger partial charge in [0.1, 0.15) is 0 Å². The Hall–Kier alpha value is -1.56. The van der Waals surface area contributed by atoms with Crippen LogP contribution in [0.2, 0.25) is 0 Å².